The maximum atomic E-state index is 11.7. The van der Waals surface area contributed by atoms with Gasteiger partial charge in [0.2, 0.25) is 0 Å². The number of aromatic hydroxyl groups is 1. The monoisotopic (exact) mass is 240 g/mol. The van der Waals surface area contributed by atoms with Crippen molar-refractivity contribution in [3.63, 3.8) is 0 Å². The molecule has 0 unspecified atom stereocenters. The Hall–Kier alpha value is -2.62. The number of hydrogen-bond acceptors (Lipinski definition) is 3. The van der Waals surface area contributed by atoms with Crippen molar-refractivity contribution in [2.24, 2.45) is 5.10 Å². The van der Waals surface area contributed by atoms with Crippen LogP contribution in [0.25, 0.3) is 0 Å². The van der Waals surface area contributed by atoms with Gasteiger partial charge >= 0.3 is 0 Å². The van der Waals surface area contributed by atoms with E-state index in [-0.39, 0.29) is 11.7 Å². The molecule has 4 nitrogen and oxygen atoms in total. The Morgan fingerprint density at radius 3 is 2.61 bits per heavy atom. The van der Waals surface area contributed by atoms with Crippen LogP contribution in [0.2, 0.25) is 0 Å². The highest BCUT2D eigenvalue weighted by atomic mass is 16.3. The number of nitrogens with zero attached hydrogens (tertiary/aromatic N) is 1. The van der Waals surface area contributed by atoms with Crippen molar-refractivity contribution in [3.05, 3.63) is 65.7 Å². The third kappa shape index (κ3) is 3.18. The molecule has 90 valence electrons. The lowest BCUT2D eigenvalue weighted by atomic mass is 10.2. The molecule has 18 heavy (non-hydrogen) atoms. The van der Waals surface area contributed by atoms with Gasteiger partial charge in [-0.2, -0.15) is 5.10 Å². The van der Waals surface area contributed by atoms with E-state index < -0.39 is 0 Å². The van der Waals surface area contributed by atoms with Gasteiger partial charge in [-0.1, -0.05) is 36.4 Å². The minimum atomic E-state index is -0.363. The number of amides is 1. The number of phenolic OH excluding ortho intramolecular Hbond substituents is 1. The summed E-state index contributed by atoms with van der Waals surface area (Å²) in [4.78, 5) is 11.7. The third-order valence-electron chi connectivity index (χ3n) is 2.29. The summed E-state index contributed by atoms with van der Waals surface area (Å²) < 4.78 is 0. The van der Waals surface area contributed by atoms with Gasteiger partial charge in [-0.15, -0.1) is 0 Å². The van der Waals surface area contributed by atoms with Crippen molar-refractivity contribution >= 4 is 12.1 Å². The molecule has 0 aromatic heterocycles. The fourth-order valence-corrected chi connectivity index (χ4v) is 1.42. The highest BCUT2D eigenvalue weighted by Gasteiger charge is 2.03. The Kier molecular flexibility index (Phi) is 3.71. The Labute approximate surface area is 105 Å². The van der Waals surface area contributed by atoms with Crippen LogP contribution in [-0.2, 0) is 0 Å². The lowest BCUT2D eigenvalue weighted by Crippen LogP contribution is -2.17. The van der Waals surface area contributed by atoms with E-state index in [2.05, 4.69) is 10.5 Å². The van der Waals surface area contributed by atoms with Crippen molar-refractivity contribution in [3.8, 4) is 5.75 Å². The van der Waals surface area contributed by atoms with E-state index >= 15 is 0 Å². The second-order valence-corrected chi connectivity index (χ2v) is 3.66. The number of benzene rings is 2. The molecule has 0 aliphatic rings. The van der Waals surface area contributed by atoms with Gasteiger partial charge in [-0.05, 0) is 23.8 Å². The zero-order valence-electron chi connectivity index (χ0n) is 9.58. The Morgan fingerprint density at radius 2 is 1.89 bits per heavy atom. The largest absolute Gasteiger partial charge is 0.508 e. The molecular formula is C14H12N2O2. The number of carbonyl (C=O) groups is 1. The lowest BCUT2D eigenvalue weighted by molar-refractivity contribution is 0.0954. The molecule has 0 aliphatic carbocycles. The van der Waals surface area contributed by atoms with E-state index in [1.165, 1.54) is 12.1 Å². The molecule has 4 heteroatoms. The molecule has 2 N–H and O–H groups in total. The van der Waals surface area contributed by atoms with Crippen LogP contribution in [0.4, 0.5) is 0 Å². The summed E-state index contributed by atoms with van der Waals surface area (Å²) in [6.07, 6.45) is 1.56. The average molecular weight is 240 g/mol. The first-order valence-electron chi connectivity index (χ1n) is 5.43. The lowest BCUT2D eigenvalue weighted by Gasteiger charge is -2.00. The number of rotatable bonds is 3. The molecule has 2 rings (SSSR count). The summed E-state index contributed by atoms with van der Waals surface area (Å²) in [7, 11) is 0. The minimum Gasteiger partial charge on any atom is -0.508 e. The van der Waals surface area contributed by atoms with Crippen molar-refractivity contribution in [1.29, 1.82) is 0 Å². The van der Waals surface area contributed by atoms with Crippen molar-refractivity contribution < 1.29 is 9.90 Å². The first kappa shape index (κ1) is 11.9. The molecule has 0 fully saturated rings. The van der Waals surface area contributed by atoms with Gasteiger partial charge in [-0.3, -0.25) is 4.79 Å². The Bertz CT molecular complexity index is 565. The molecule has 0 spiro atoms. The summed E-state index contributed by atoms with van der Waals surface area (Å²) >= 11 is 0. The molecule has 1 amide bonds. The van der Waals surface area contributed by atoms with Crippen molar-refractivity contribution in [1.82, 2.24) is 5.43 Å². The van der Waals surface area contributed by atoms with Gasteiger partial charge < -0.3 is 5.11 Å². The highest BCUT2D eigenvalue weighted by Crippen LogP contribution is 2.10. The molecule has 0 saturated heterocycles. The van der Waals surface area contributed by atoms with Crippen LogP contribution in [0, 0.1) is 0 Å². The Balaban J connectivity index is 1.99. The van der Waals surface area contributed by atoms with Crippen LogP contribution < -0.4 is 5.43 Å². The van der Waals surface area contributed by atoms with E-state index in [1.54, 1.807) is 18.3 Å². The minimum absolute atomic E-state index is 0.0506. The van der Waals surface area contributed by atoms with Crippen LogP contribution in [0.5, 0.6) is 5.75 Å². The van der Waals surface area contributed by atoms with Gasteiger partial charge in [0.05, 0.1) is 6.21 Å². The predicted molar refractivity (Wildman–Crippen MR) is 69.6 cm³/mol. The first-order valence-corrected chi connectivity index (χ1v) is 5.43. The highest BCUT2D eigenvalue weighted by molar-refractivity contribution is 5.95. The van der Waals surface area contributed by atoms with Crippen LogP contribution in [0.15, 0.2) is 59.7 Å². The molecule has 0 atom stereocenters. The summed E-state index contributed by atoms with van der Waals surface area (Å²) in [5.74, 6) is -0.312. The second kappa shape index (κ2) is 5.63. The standard InChI is InChI=1S/C14H12N2O2/c17-13-8-4-7-12(9-13)14(18)16-15-10-11-5-2-1-3-6-11/h1-10,17H,(H,16,18)/b15-10-. The van der Waals surface area contributed by atoms with Gasteiger partial charge in [0.25, 0.3) is 5.91 Å². The van der Waals surface area contributed by atoms with Crippen LogP contribution in [0.1, 0.15) is 15.9 Å². The smallest absolute Gasteiger partial charge is 0.271 e. The van der Waals surface area contributed by atoms with Crippen LogP contribution in [-0.4, -0.2) is 17.2 Å². The summed E-state index contributed by atoms with van der Waals surface area (Å²) in [6, 6.07) is 15.5. The maximum Gasteiger partial charge on any atom is 0.271 e. The van der Waals surface area contributed by atoms with Gasteiger partial charge in [0.15, 0.2) is 0 Å². The third-order valence-corrected chi connectivity index (χ3v) is 2.29. The number of hydrogen-bond donors (Lipinski definition) is 2. The topological polar surface area (TPSA) is 61.7 Å². The molecule has 0 bridgehead atoms. The zero-order chi connectivity index (χ0) is 12.8. The number of carbonyl (C=O) groups excluding carboxylic acids is 1. The molecule has 0 aliphatic heterocycles. The van der Waals surface area contributed by atoms with Gasteiger partial charge in [0.1, 0.15) is 5.75 Å². The van der Waals surface area contributed by atoms with Crippen molar-refractivity contribution in [2.75, 3.05) is 0 Å². The first-order chi connectivity index (χ1) is 8.75. The normalized spacial score (nSPS) is 10.4. The van der Waals surface area contributed by atoms with E-state index in [0.29, 0.717) is 5.56 Å². The molecule has 0 saturated carbocycles. The van der Waals surface area contributed by atoms with Gasteiger partial charge in [-0.25, -0.2) is 5.43 Å². The molecule has 2 aromatic rings. The summed E-state index contributed by atoms with van der Waals surface area (Å²) in [6.45, 7) is 0. The molecule has 0 heterocycles. The number of nitrogens with one attached hydrogen (secondary N) is 1. The van der Waals surface area contributed by atoms with Gasteiger partial charge in [0, 0.05) is 5.56 Å². The zero-order valence-corrected chi connectivity index (χ0v) is 9.58. The fourth-order valence-electron chi connectivity index (χ4n) is 1.42. The molecule has 2 aromatic carbocycles. The maximum absolute atomic E-state index is 11.7. The SMILES string of the molecule is O=C(N/N=C\c1ccccc1)c1cccc(O)c1. The second-order valence-electron chi connectivity index (χ2n) is 3.66. The van der Waals surface area contributed by atoms with E-state index in [0.717, 1.165) is 5.56 Å². The van der Waals surface area contributed by atoms with Crippen molar-refractivity contribution in [2.45, 2.75) is 0 Å². The van der Waals surface area contributed by atoms with Crippen LogP contribution in [0.3, 0.4) is 0 Å². The Morgan fingerprint density at radius 1 is 1.11 bits per heavy atom. The average Bonchev–Trinajstić information content (AvgIpc) is 2.40. The van der Waals surface area contributed by atoms with E-state index in [9.17, 15) is 9.90 Å². The summed E-state index contributed by atoms with van der Waals surface area (Å²) in [5, 5.41) is 13.1. The van der Waals surface area contributed by atoms with E-state index in [4.69, 9.17) is 0 Å². The quantitative estimate of drug-likeness (QED) is 0.638. The fraction of sp³-hybridized carbons (Fsp3) is 0. The molecule has 0 radical (unpaired) electrons. The van der Waals surface area contributed by atoms with E-state index in [1.807, 2.05) is 30.3 Å². The number of phenols is 1. The van der Waals surface area contributed by atoms with Crippen LogP contribution >= 0.6 is 0 Å². The number of hydrazone groups is 1. The summed E-state index contributed by atoms with van der Waals surface area (Å²) in [5.41, 5.74) is 3.65. The molecular weight excluding hydrogens is 228 g/mol. The predicted octanol–water partition coefficient (Wildman–Crippen LogP) is 2.16.